The van der Waals surface area contributed by atoms with Crippen LogP contribution in [0.3, 0.4) is 0 Å². The van der Waals surface area contributed by atoms with Crippen LogP contribution >= 0.6 is 22.9 Å². The number of ketones is 1. The summed E-state index contributed by atoms with van der Waals surface area (Å²) in [5.74, 6) is -1.43. The van der Waals surface area contributed by atoms with Crippen molar-refractivity contribution in [2.24, 2.45) is 0 Å². The van der Waals surface area contributed by atoms with Gasteiger partial charge in [-0.25, -0.2) is 4.98 Å². The average Bonchev–Trinajstić information content (AvgIpc) is 3.49. The van der Waals surface area contributed by atoms with Gasteiger partial charge >= 0.3 is 0 Å². The van der Waals surface area contributed by atoms with Gasteiger partial charge in [-0.2, -0.15) is 0 Å². The molecule has 5 rings (SSSR count). The number of carbonyl (C=O) groups is 1. The second-order valence-electron chi connectivity index (χ2n) is 7.39. The highest BCUT2D eigenvalue weighted by Gasteiger charge is 2.32. The quantitative estimate of drug-likeness (QED) is 0.177. The Bertz CT molecular complexity index is 1620. The molecular weight excluding hydrogens is 482 g/mol. The van der Waals surface area contributed by atoms with E-state index < -0.39 is 22.3 Å². The molecule has 3 heterocycles. The van der Waals surface area contributed by atoms with Crippen LogP contribution in [0.4, 0.5) is 5.69 Å². The van der Waals surface area contributed by atoms with Crippen molar-refractivity contribution in [2.75, 3.05) is 0 Å². The molecular formula is C23H14ClN3O6S. The SMILES string of the molecule is Cc1ccc(C(=O)c2c(O)c(O)n(-c3nc4ccc([N+](=O)[O-])cc4s3)c2-c2cccc(Cl)c2)o1. The number of halogens is 1. The first-order chi connectivity index (χ1) is 16.2. The first-order valence-electron chi connectivity index (χ1n) is 9.83. The van der Waals surface area contributed by atoms with Gasteiger partial charge in [-0.3, -0.25) is 19.5 Å². The fraction of sp³-hybridized carbons (Fsp3) is 0.0435. The van der Waals surface area contributed by atoms with E-state index >= 15 is 0 Å². The van der Waals surface area contributed by atoms with Gasteiger partial charge in [0, 0.05) is 22.7 Å². The molecule has 0 saturated carbocycles. The van der Waals surface area contributed by atoms with Crippen LogP contribution in [-0.4, -0.2) is 30.5 Å². The molecule has 34 heavy (non-hydrogen) atoms. The molecule has 0 aliphatic rings. The lowest BCUT2D eigenvalue weighted by Crippen LogP contribution is -2.04. The maximum Gasteiger partial charge on any atom is 0.270 e. The summed E-state index contributed by atoms with van der Waals surface area (Å²) in [6, 6.07) is 13.8. The fourth-order valence-corrected chi connectivity index (χ4v) is 4.85. The van der Waals surface area contributed by atoms with Crippen molar-refractivity contribution in [1.29, 1.82) is 0 Å². The number of aromatic hydroxyl groups is 2. The minimum atomic E-state index is -0.653. The molecule has 5 aromatic rings. The Labute approximate surface area is 200 Å². The topological polar surface area (TPSA) is 132 Å². The molecule has 0 saturated heterocycles. The normalized spacial score (nSPS) is 11.2. The van der Waals surface area contributed by atoms with Gasteiger partial charge in [-0.1, -0.05) is 35.1 Å². The molecule has 0 aliphatic carbocycles. The van der Waals surface area contributed by atoms with E-state index in [2.05, 4.69) is 4.98 Å². The van der Waals surface area contributed by atoms with Crippen molar-refractivity contribution in [3.05, 3.63) is 86.8 Å². The number of hydrogen-bond acceptors (Lipinski definition) is 8. The van der Waals surface area contributed by atoms with Crippen LogP contribution in [0.1, 0.15) is 21.9 Å². The molecule has 0 atom stereocenters. The van der Waals surface area contributed by atoms with Gasteiger partial charge in [0.1, 0.15) is 5.76 Å². The number of rotatable bonds is 5. The Morgan fingerprint density at radius 2 is 1.97 bits per heavy atom. The van der Waals surface area contributed by atoms with Crippen LogP contribution in [0, 0.1) is 17.0 Å². The number of carbonyl (C=O) groups excluding carboxylic acids is 1. The van der Waals surface area contributed by atoms with Crippen molar-refractivity contribution in [2.45, 2.75) is 6.92 Å². The third-order valence-electron chi connectivity index (χ3n) is 5.17. The lowest BCUT2D eigenvalue weighted by molar-refractivity contribution is -0.384. The number of aromatic nitrogens is 2. The van der Waals surface area contributed by atoms with Gasteiger partial charge < -0.3 is 14.6 Å². The lowest BCUT2D eigenvalue weighted by atomic mass is 10.0. The van der Waals surface area contributed by atoms with E-state index in [0.29, 0.717) is 26.6 Å². The van der Waals surface area contributed by atoms with Crippen molar-refractivity contribution in [3.63, 3.8) is 0 Å². The van der Waals surface area contributed by atoms with Gasteiger partial charge in [0.25, 0.3) is 5.69 Å². The third kappa shape index (κ3) is 3.49. The van der Waals surface area contributed by atoms with Gasteiger partial charge in [-0.15, -0.1) is 0 Å². The van der Waals surface area contributed by atoms with E-state index in [-0.39, 0.29) is 27.8 Å². The Hall–Kier alpha value is -4.15. The number of nitrogens with zero attached hydrogens (tertiary/aromatic N) is 3. The van der Waals surface area contributed by atoms with Crippen LogP contribution in [0.15, 0.2) is 59.0 Å². The number of nitro groups is 1. The van der Waals surface area contributed by atoms with Crippen LogP contribution in [-0.2, 0) is 0 Å². The molecule has 2 N–H and O–H groups in total. The van der Waals surface area contributed by atoms with Crippen molar-refractivity contribution < 1.29 is 24.3 Å². The number of benzene rings is 2. The molecule has 0 radical (unpaired) electrons. The first-order valence-corrected chi connectivity index (χ1v) is 11.0. The molecule has 2 aromatic carbocycles. The highest BCUT2D eigenvalue weighted by molar-refractivity contribution is 7.20. The number of fused-ring (bicyclic) bond motifs is 1. The molecule has 0 spiro atoms. The molecule has 0 aliphatic heterocycles. The molecule has 3 aromatic heterocycles. The van der Waals surface area contributed by atoms with Crippen molar-refractivity contribution in [3.8, 4) is 28.0 Å². The highest BCUT2D eigenvalue weighted by atomic mass is 35.5. The second kappa shape index (κ2) is 8.01. The summed E-state index contributed by atoms with van der Waals surface area (Å²) in [6.45, 7) is 1.68. The average molecular weight is 496 g/mol. The molecule has 0 bridgehead atoms. The van der Waals surface area contributed by atoms with Crippen LogP contribution in [0.25, 0.3) is 26.6 Å². The molecule has 0 amide bonds. The largest absolute Gasteiger partial charge is 0.503 e. The standard InChI is InChI=1S/C23H14ClN3O6S/c1-11-5-8-16(33-11)20(28)18-19(12-3-2-4-13(24)9-12)26(22(30)21(18)29)23-25-15-7-6-14(27(31)32)10-17(15)34-23/h2-10,29-30H,1H3. The Kier molecular flexibility index (Phi) is 5.11. The molecule has 0 unspecified atom stereocenters. The van der Waals surface area contributed by atoms with Gasteiger partial charge in [-0.05, 0) is 37.3 Å². The highest BCUT2D eigenvalue weighted by Crippen LogP contribution is 2.45. The van der Waals surface area contributed by atoms with E-state index in [1.165, 1.54) is 28.8 Å². The summed E-state index contributed by atoms with van der Waals surface area (Å²) in [5.41, 5.74) is 0.718. The first kappa shape index (κ1) is 21.7. The zero-order valence-electron chi connectivity index (χ0n) is 17.4. The number of non-ortho nitro benzene ring substituents is 1. The van der Waals surface area contributed by atoms with E-state index in [1.807, 2.05) is 0 Å². The molecule has 9 nitrogen and oxygen atoms in total. The second-order valence-corrected chi connectivity index (χ2v) is 8.83. The number of furan rings is 1. The summed E-state index contributed by atoms with van der Waals surface area (Å²) in [6.07, 6.45) is 0. The van der Waals surface area contributed by atoms with Crippen LogP contribution in [0.2, 0.25) is 5.02 Å². The fourth-order valence-electron chi connectivity index (χ4n) is 3.65. The van der Waals surface area contributed by atoms with Gasteiger partial charge in [0.15, 0.2) is 16.6 Å². The monoisotopic (exact) mass is 495 g/mol. The van der Waals surface area contributed by atoms with E-state index in [9.17, 15) is 25.1 Å². The summed E-state index contributed by atoms with van der Waals surface area (Å²) in [5, 5.41) is 33.5. The summed E-state index contributed by atoms with van der Waals surface area (Å²) in [4.78, 5) is 28.5. The van der Waals surface area contributed by atoms with E-state index in [1.54, 1.807) is 37.3 Å². The number of thiazole rings is 1. The van der Waals surface area contributed by atoms with Crippen LogP contribution in [0.5, 0.6) is 11.6 Å². The smallest absolute Gasteiger partial charge is 0.270 e. The van der Waals surface area contributed by atoms with Gasteiger partial charge in [0.05, 0.1) is 26.4 Å². The summed E-state index contributed by atoms with van der Waals surface area (Å²) >= 11 is 7.24. The maximum absolute atomic E-state index is 13.3. The molecule has 0 fully saturated rings. The zero-order chi connectivity index (χ0) is 24.1. The predicted molar refractivity (Wildman–Crippen MR) is 126 cm³/mol. The van der Waals surface area contributed by atoms with Crippen molar-refractivity contribution >= 4 is 44.6 Å². The maximum atomic E-state index is 13.3. The number of hydrogen-bond donors (Lipinski definition) is 2. The van der Waals surface area contributed by atoms with Crippen molar-refractivity contribution in [1.82, 2.24) is 9.55 Å². The Morgan fingerprint density at radius 3 is 2.65 bits per heavy atom. The Balaban J connectivity index is 1.80. The third-order valence-corrected chi connectivity index (χ3v) is 6.41. The lowest BCUT2D eigenvalue weighted by Gasteiger charge is -2.09. The predicted octanol–water partition coefficient (Wildman–Crippen LogP) is 5.86. The van der Waals surface area contributed by atoms with Gasteiger partial charge in [0.2, 0.25) is 11.7 Å². The Morgan fingerprint density at radius 1 is 1.18 bits per heavy atom. The van der Waals surface area contributed by atoms with E-state index in [0.717, 1.165) is 11.3 Å². The molecule has 170 valence electrons. The van der Waals surface area contributed by atoms with Crippen LogP contribution < -0.4 is 0 Å². The number of aryl methyl sites for hydroxylation is 1. The zero-order valence-corrected chi connectivity index (χ0v) is 18.9. The minimum absolute atomic E-state index is 0.0202. The molecule has 11 heteroatoms. The summed E-state index contributed by atoms with van der Waals surface area (Å²) < 4.78 is 7.17. The summed E-state index contributed by atoms with van der Waals surface area (Å²) in [7, 11) is 0. The number of nitro benzene ring substituents is 1. The van der Waals surface area contributed by atoms with E-state index in [4.69, 9.17) is 16.0 Å². The minimum Gasteiger partial charge on any atom is -0.503 e.